The molecule has 0 unspecified atom stereocenters. The van der Waals surface area contributed by atoms with Crippen molar-refractivity contribution in [2.75, 3.05) is 6.61 Å². The van der Waals surface area contributed by atoms with Crippen molar-refractivity contribution >= 4 is 5.78 Å². The summed E-state index contributed by atoms with van der Waals surface area (Å²) in [4.78, 5) is 9.02. The molecular formula is C15H14N4O. The van der Waals surface area contributed by atoms with E-state index in [4.69, 9.17) is 4.74 Å². The number of ether oxygens (including phenoxy) is 1. The molecule has 3 heterocycles. The molecule has 0 aliphatic carbocycles. The largest absolute Gasteiger partial charge is 0.493 e. The molecule has 0 N–H and O–H groups in total. The first-order chi connectivity index (χ1) is 9.70. The Labute approximate surface area is 116 Å². The fourth-order valence-electron chi connectivity index (χ4n) is 2.46. The minimum atomic E-state index is 0.639. The second-order valence-electron chi connectivity index (χ2n) is 5.07. The van der Waals surface area contributed by atoms with E-state index in [0.29, 0.717) is 5.78 Å². The third-order valence-corrected chi connectivity index (χ3v) is 3.70. The molecule has 5 nitrogen and oxygen atoms in total. The Hall–Kier alpha value is -2.43. The van der Waals surface area contributed by atoms with E-state index in [-0.39, 0.29) is 0 Å². The molecular weight excluding hydrogens is 252 g/mol. The zero-order valence-corrected chi connectivity index (χ0v) is 11.4. The summed E-state index contributed by atoms with van der Waals surface area (Å²) in [6.45, 7) is 4.67. The predicted molar refractivity (Wildman–Crippen MR) is 74.9 cm³/mol. The standard InChI is InChI=1S/C15H14N4O/c1-9-10(2)18-19-8-13(17-15(19)16-9)11-3-4-14-12(7-11)5-6-20-14/h3-4,7-8H,5-6H2,1-2H3. The molecule has 20 heavy (non-hydrogen) atoms. The first-order valence-corrected chi connectivity index (χ1v) is 6.67. The Kier molecular flexibility index (Phi) is 2.30. The van der Waals surface area contributed by atoms with Crippen molar-refractivity contribution in [1.82, 2.24) is 19.6 Å². The number of nitrogens with zero attached hydrogens (tertiary/aromatic N) is 4. The van der Waals surface area contributed by atoms with Crippen LogP contribution in [0.2, 0.25) is 0 Å². The Bertz CT molecular complexity index is 783. The van der Waals surface area contributed by atoms with Gasteiger partial charge in [0.1, 0.15) is 5.75 Å². The molecule has 0 saturated heterocycles. The van der Waals surface area contributed by atoms with Crippen LogP contribution in [0.15, 0.2) is 24.4 Å². The Morgan fingerprint density at radius 2 is 2.05 bits per heavy atom. The van der Waals surface area contributed by atoms with Gasteiger partial charge in [0.05, 0.1) is 29.9 Å². The third-order valence-electron chi connectivity index (χ3n) is 3.70. The van der Waals surface area contributed by atoms with Crippen LogP contribution in [-0.4, -0.2) is 26.2 Å². The van der Waals surface area contributed by atoms with Crippen molar-refractivity contribution < 1.29 is 4.74 Å². The monoisotopic (exact) mass is 266 g/mol. The lowest BCUT2D eigenvalue weighted by atomic mass is 10.1. The molecule has 100 valence electrons. The van der Waals surface area contributed by atoms with Crippen LogP contribution in [-0.2, 0) is 6.42 Å². The van der Waals surface area contributed by atoms with Gasteiger partial charge in [0.15, 0.2) is 0 Å². The lowest BCUT2D eigenvalue weighted by Gasteiger charge is -2.00. The molecule has 2 aromatic heterocycles. The van der Waals surface area contributed by atoms with Gasteiger partial charge >= 0.3 is 0 Å². The van der Waals surface area contributed by atoms with E-state index in [1.54, 1.807) is 4.52 Å². The third kappa shape index (κ3) is 1.66. The molecule has 1 aliphatic rings. The fraction of sp³-hybridized carbons (Fsp3) is 0.267. The van der Waals surface area contributed by atoms with Gasteiger partial charge in [-0.3, -0.25) is 0 Å². The van der Waals surface area contributed by atoms with E-state index < -0.39 is 0 Å². The van der Waals surface area contributed by atoms with Crippen molar-refractivity contribution in [1.29, 1.82) is 0 Å². The van der Waals surface area contributed by atoms with E-state index in [9.17, 15) is 0 Å². The average Bonchev–Trinajstić information content (AvgIpc) is 3.04. The van der Waals surface area contributed by atoms with Crippen LogP contribution < -0.4 is 4.74 Å². The van der Waals surface area contributed by atoms with Crippen LogP contribution in [0.1, 0.15) is 17.0 Å². The molecule has 5 heteroatoms. The molecule has 0 radical (unpaired) electrons. The quantitative estimate of drug-likeness (QED) is 0.678. The Morgan fingerprint density at radius 1 is 1.15 bits per heavy atom. The van der Waals surface area contributed by atoms with E-state index in [1.165, 1.54) is 5.56 Å². The maximum absolute atomic E-state index is 5.53. The highest BCUT2D eigenvalue weighted by atomic mass is 16.5. The molecule has 0 fully saturated rings. The molecule has 0 amide bonds. The number of rotatable bonds is 1. The molecule has 3 aromatic rings. The van der Waals surface area contributed by atoms with E-state index in [2.05, 4.69) is 21.1 Å². The van der Waals surface area contributed by atoms with Gasteiger partial charge in [-0.15, -0.1) is 0 Å². The molecule has 1 aliphatic heterocycles. The Balaban J connectivity index is 1.86. The van der Waals surface area contributed by atoms with Crippen LogP contribution in [0.4, 0.5) is 0 Å². The number of aromatic nitrogens is 4. The van der Waals surface area contributed by atoms with Gasteiger partial charge < -0.3 is 4.74 Å². The number of aryl methyl sites for hydroxylation is 2. The zero-order chi connectivity index (χ0) is 13.7. The Morgan fingerprint density at radius 3 is 2.95 bits per heavy atom. The maximum Gasteiger partial charge on any atom is 0.251 e. The van der Waals surface area contributed by atoms with Crippen molar-refractivity contribution in [3.8, 4) is 17.0 Å². The van der Waals surface area contributed by atoms with Gasteiger partial charge in [-0.2, -0.15) is 5.10 Å². The summed E-state index contributed by atoms with van der Waals surface area (Å²) in [5.74, 6) is 1.63. The van der Waals surface area contributed by atoms with Crippen LogP contribution >= 0.6 is 0 Å². The van der Waals surface area contributed by atoms with Gasteiger partial charge in [0, 0.05) is 12.0 Å². The smallest absolute Gasteiger partial charge is 0.251 e. The van der Waals surface area contributed by atoms with Crippen LogP contribution in [0.25, 0.3) is 17.0 Å². The minimum absolute atomic E-state index is 0.639. The topological polar surface area (TPSA) is 52.3 Å². The lowest BCUT2D eigenvalue weighted by Crippen LogP contribution is -1.99. The number of fused-ring (bicyclic) bond motifs is 2. The minimum Gasteiger partial charge on any atom is -0.493 e. The summed E-state index contributed by atoms with van der Waals surface area (Å²) in [7, 11) is 0. The first-order valence-electron chi connectivity index (χ1n) is 6.67. The fourth-order valence-corrected chi connectivity index (χ4v) is 2.46. The van der Waals surface area contributed by atoms with Crippen LogP contribution in [0, 0.1) is 13.8 Å². The summed E-state index contributed by atoms with van der Waals surface area (Å²) >= 11 is 0. The van der Waals surface area contributed by atoms with Crippen LogP contribution in [0.5, 0.6) is 5.75 Å². The van der Waals surface area contributed by atoms with E-state index >= 15 is 0 Å². The van der Waals surface area contributed by atoms with E-state index in [0.717, 1.165) is 41.4 Å². The van der Waals surface area contributed by atoms with Gasteiger partial charge in [-0.25, -0.2) is 14.5 Å². The maximum atomic E-state index is 5.53. The SMILES string of the molecule is Cc1nc2nc(-c3ccc4c(c3)CCO4)cn2nc1C. The highest BCUT2D eigenvalue weighted by Crippen LogP contribution is 2.30. The number of imidazole rings is 1. The van der Waals surface area contributed by atoms with Crippen molar-refractivity contribution in [2.45, 2.75) is 20.3 Å². The molecule has 0 bridgehead atoms. The summed E-state index contributed by atoms with van der Waals surface area (Å²) < 4.78 is 7.27. The summed E-state index contributed by atoms with van der Waals surface area (Å²) in [6.07, 6.45) is 2.89. The van der Waals surface area contributed by atoms with Crippen molar-refractivity contribution in [3.63, 3.8) is 0 Å². The summed E-state index contributed by atoms with van der Waals surface area (Å²) in [5.41, 5.74) is 5.05. The molecule has 4 rings (SSSR count). The van der Waals surface area contributed by atoms with Crippen LogP contribution in [0.3, 0.4) is 0 Å². The molecule has 1 aromatic carbocycles. The van der Waals surface area contributed by atoms with E-state index in [1.807, 2.05) is 32.2 Å². The molecule has 0 spiro atoms. The highest BCUT2D eigenvalue weighted by molar-refractivity contribution is 5.64. The van der Waals surface area contributed by atoms with Gasteiger partial charge in [-0.05, 0) is 37.6 Å². The van der Waals surface area contributed by atoms with Gasteiger partial charge in [0.25, 0.3) is 5.78 Å². The normalized spacial score (nSPS) is 13.5. The summed E-state index contributed by atoms with van der Waals surface area (Å²) in [6, 6.07) is 6.19. The predicted octanol–water partition coefficient (Wildman–Crippen LogP) is 2.34. The zero-order valence-electron chi connectivity index (χ0n) is 11.4. The first kappa shape index (κ1) is 11.4. The average molecular weight is 266 g/mol. The highest BCUT2D eigenvalue weighted by Gasteiger charge is 2.14. The number of hydrogen-bond donors (Lipinski definition) is 0. The molecule has 0 atom stereocenters. The second kappa shape index (κ2) is 4.03. The number of hydrogen-bond acceptors (Lipinski definition) is 4. The summed E-state index contributed by atoms with van der Waals surface area (Å²) in [5, 5.41) is 4.46. The second-order valence-corrected chi connectivity index (χ2v) is 5.07. The molecule has 0 saturated carbocycles. The van der Waals surface area contributed by atoms with Crippen molar-refractivity contribution in [3.05, 3.63) is 41.3 Å². The van der Waals surface area contributed by atoms with Gasteiger partial charge in [0.2, 0.25) is 0 Å². The number of benzene rings is 1. The lowest BCUT2D eigenvalue weighted by molar-refractivity contribution is 0.357. The van der Waals surface area contributed by atoms with Crippen molar-refractivity contribution in [2.24, 2.45) is 0 Å². The van der Waals surface area contributed by atoms with Gasteiger partial charge in [-0.1, -0.05) is 0 Å².